The van der Waals surface area contributed by atoms with E-state index in [9.17, 15) is 27.5 Å². The van der Waals surface area contributed by atoms with E-state index >= 15 is 0 Å². The second kappa shape index (κ2) is 9.38. The van der Waals surface area contributed by atoms with Crippen LogP contribution in [0, 0.1) is 0 Å². The summed E-state index contributed by atoms with van der Waals surface area (Å²) < 4.78 is 59.5. The lowest BCUT2D eigenvalue weighted by Crippen LogP contribution is -2.51. The molecule has 0 radical (unpaired) electrons. The number of hydrogen-bond donors (Lipinski definition) is 1. The molecule has 178 valence electrons. The third kappa shape index (κ3) is 4.33. The van der Waals surface area contributed by atoms with Gasteiger partial charge in [0.1, 0.15) is 11.5 Å². The lowest BCUT2D eigenvalue weighted by molar-refractivity contribution is -0.164. The number of halogens is 4. The molecule has 0 bridgehead atoms. The molecule has 0 spiro atoms. The lowest BCUT2D eigenvalue weighted by Gasteiger charge is -2.30. The smallest absolute Gasteiger partial charge is 0.287 e. The standard InChI is InChI=1S/C24H21F4N3O3/c1-2-10-34-15-7-5-6-14(11-15)19-12-17(16-8-3-4-9-18(16)29-19)22(32)31-24(33,23(27)28)13-20(30-31)21(25)26/h3-9,11-12,21,23,33H,2,10,13H2,1H3/t24-/m1/s1. The Labute approximate surface area is 192 Å². The van der Waals surface area contributed by atoms with Crippen LogP contribution in [0.3, 0.4) is 0 Å². The summed E-state index contributed by atoms with van der Waals surface area (Å²) in [6.45, 7) is 2.47. The maximum atomic E-state index is 13.7. The Morgan fingerprint density at radius 3 is 2.62 bits per heavy atom. The molecule has 6 nitrogen and oxygen atoms in total. The first-order valence-corrected chi connectivity index (χ1v) is 10.6. The van der Waals surface area contributed by atoms with Gasteiger partial charge in [0.15, 0.2) is 0 Å². The van der Waals surface area contributed by atoms with Crippen molar-refractivity contribution in [3.05, 3.63) is 60.2 Å². The van der Waals surface area contributed by atoms with Crippen molar-refractivity contribution < 1.29 is 32.2 Å². The van der Waals surface area contributed by atoms with Gasteiger partial charge in [-0.1, -0.05) is 37.3 Å². The van der Waals surface area contributed by atoms with Gasteiger partial charge in [-0.05, 0) is 30.7 Å². The van der Waals surface area contributed by atoms with E-state index in [1.54, 1.807) is 48.5 Å². The highest BCUT2D eigenvalue weighted by molar-refractivity contribution is 6.08. The van der Waals surface area contributed by atoms with Crippen molar-refractivity contribution in [3.8, 4) is 17.0 Å². The number of hydrogen-bond acceptors (Lipinski definition) is 5. The fraction of sp³-hybridized carbons (Fsp3) is 0.292. The number of carbonyl (C=O) groups excluding carboxylic acids is 1. The van der Waals surface area contributed by atoms with E-state index < -0.39 is 36.6 Å². The van der Waals surface area contributed by atoms with E-state index in [2.05, 4.69) is 10.1 Å². The largest absolute Gasteiger partial charge is 0.494 e. The van der Waals surface area contributed by atoms with Gasteiger partial charge in [-0.25, -0.2) is 22.5 Å². The lowest BCUT2D eigenvalue weighted by atomic mass is 10.0. The number of para-hydroxylation sites is 1. The first-order chi connectivity index (χ1) is 16.2. The number of rotatable bonds is 7. The average molecular weight is 475 g/mol. The fourth-order valence-corrected chi connectivity index (χ4v) is 3.68. The van der Waals surface area contributed by atoms with Crippen molar-refractivity contribution in [2.75, 3.05) is 6.61 Å². The van der Waals surface area contributed by atoms with Gasteiger partial charge in [0, 0.05) is 17.4 Å². The van der Waals surface area contributed by atoms with Gasteiger partial charge in [0.2, 0.25) is 5.72 Å². The van der Waals surface area contributed by atoms with Crippen molar-refractivity contribution in [2.24, 2.45) is 5.10 Å². The van der Waals surface area contributed by atoms with E-state index in [0.29, 0.717) is 34.5 Å². The molecule has 1 aliphatic rings. The molecule has 1 amide bonds. The molecule has 1 N–H and O–H groups in total. The number of fused-ring (bicyclic) bond motifs is 1. The van der Waals surface area contributed by atoms with Crippen LogP contribution < -0.4 is 4.74 Å². The molecule has 0 fully saturated rings. The summed E-state index contributed by atoms with van der Waals surface area (Å²) in [4.78, 5) is 17.9. The van der Waals surface area contributed by atoms with Gasteiger partial charge < -0.3 is 9.84 Å². The number of ether oxygens (including phenoxy) is 1. The number of hydrazone groups is 1. The second-order valence-corrected chi connectivity index (χ2v) is 7.81. The minimum atomic E-state index is -3.52. The van der Waals surface area contributed by atoms with E-state index in [-0.39, 0.29) is 10.6 Å². The van der Waals surface area contributed by atoms with Crippen LogP contribution in [0.25, 0.3) is 22.2 Å². The zero-order valence-corrected chi connectivity index (χ0v) is 18.1. The molecule has 0 saturated carbocycles. The highest BCUT2D eigenvalue weighted by Crippen LogP contribution is 2.36. The highest BCUT2D eigenvalue weighted by atomic mass is 19.3. The zero-order valence-electron chi connectivity index (χ0n) is 18.1. The first-order valence-electron chi connectivity index (χ1n) is 10.6. The SMILES string of the molecule is CCCOc1cccc(-c2cc(C(=O)N3N=C(C(F)F)C[C@@]3(O)C(F)F)c3ccccc3n2)c1. The first kappa shape index (κ1) is 23.6. The van der Waals surface area contributed by atoms with Crippen molar-refractivity contribution >= 4 is 22.5 Å². The van der Waals surface area contributed by atoms with Crippen LogP contribution in [0.15, 0.2) is 59.7 Å². The molecule has 2 heterocycles. The summed E-state index contributed by atoms with van der Waals surface area (Å²) >= 11 is 0. The third-order valence-electron chi connectivity index (χ3n) is 5.38. The number of nitrogens with zero attached hydrogens (tertiary/aromatic N) is 3. The van der Waals surface area contributed by atoms with Crippen LogP contribution in [0.2, 0.25) is 0 Å². The van der Waals surface area contributed by atoms with E-state index in [1.807, 2.05) is 6.92 Å². The molecular weight excluding hydrogens is 454 g/mol. The minimum Gasteiger partial charge on any atom is -0.494 e. The molecule has 1 aliphatic heterocycles. The Hall–Kier alpha value is -3.53. The maximum Gasteiger partial charge on any atom is 0.287 e. The predicted octanol–water partition coefficient (Wildman–Crippen LogP) is 5.11. The Balaban J connectivity index is 1.83. The predicted molar refractivity (Wildman–Crippen MR) is 118 cm³/mol. The highest BCUT2D eigenvalue weighted by Gasteiger charge is 2.53. The zero-order chi connectivity index (χ0) is 24.5. The van der Waals surface area contributed by atoms with Crippen LogP contribution >= 0.6 is 0 Å². The summed E-state index contributed by atoms with van der Waals surface area (Å²) in [7, 11) is 0. The van der Waals surface area contributed by atoms with Gasteiger partial charge in [-0.3, -0.25) is 4.79 Å². The quantitative estimate of drug-likeness (QED) is 0.482. The molecule has 1 aromatic heterocycles. The molecular formula is C24H21F4N3O3. The van der Waals surface area contributed by atoms with Gasteiger partial charge in [-0.2, -0.15) is 10.1 Å². The number of pyridine rings is 1. The molecule has 3 aromatic rings. The molecule has 0 saturated heterocycles. The molecule has 0 aliphatic carbocycles. The van der Waals surface area contributed by atoms with Crippen LogP contribution in [0.5, 0.6) is 5.75 Å². The molecule has 4 rings (SSSR count). The number of amides is 1. The molecule has 34 heavy (non-hydrogen) atoms. The van der Waals surface area contributed by atoms with Crippen molar-refractivity contribution in [1.82, 2.24) is 9.99 Å². The monoisotopic (exact) mass is 475 g/mol. The Morgan fingerprint density at radius 1 is 1.15 bits per heavy atom. The fourth-order valence-electron chi connectivity index (χ4n) is 3.68. The van der Waals surface area contributed by atoms with Crippen LogP contribution in [0.4, 0.5) is 17.6 Å². The second-order valence-electron chi connectivity index (χ2n) is 7.81. The van der Waals surface area contributed by atoms with Crippen molar-refractivity contribution in [2.45, 2.75) is 38.3 Å². The topological polar surface area (TPSA) is 75.0 Å². The molecule has 0 unspecified atom stereocenters. The number of carbonyl (C=O) groups is 1. The summed E-state index contributed by atoms with van der Waals surface area (Å²) in [6.07, 6.45) is -7.06. The number of alkyl halides is 4. The Bertz CT molecular complexity index is 1250. The maximum absolute atomic E-state index is 13.7. The van der Waals surface area contributed by atoms with Crippen molar-refractivity contribution in [1.29, 1.82) is 0 Å². The summed E-state index contributed by atoms with van der Waals surface area (Å²) in [5.74, 6) is -0.559. The average Bonchev–Trinajstić information content (AvgIpc) is 3.21. The minimum absolute atomic E-state index is 0.0610. The van der Waals surface area contributed by atoms with Crippen LogP contribution in [-0.2, 0) is 0 Å². The number of aliphatic hydroxyl groups is 1. The Morgan fingerprint density at radius 2 is 1.91 bits per heavy atom. The van der Waals surface area contributed by atoms with Crippen molar-refractivity contribution in [3.63, 3.8) is 0 Å². The van der Waals surface area contributed by atoms with Gasteiger partial charge >= 0.3 is 0 Å². The third-order valence-corrected chi connectivity index (χ3v) is 5.38. The number of benzene rings is 2. The van der Waals surface area contributed by atoms with Gasteiger partial charge in [0.05, 0.1) is 23.4 Å². The van der Waals surface area contributed by atoms with E-state index in [1.165, 1.54) is 6.07 Å². The molecule has 1 atom stereocenters. The normalized spacial score (nSPS) is 18.1. The Kier molecular flexibility index (Phi) is 6.52. The van der Waals surface area contributed by atoms with Crippen LogP contribution in [-0.4, -0.2) is 51.9 Å². The van der Waals surface area contributed by atoms with E-state index in [0.717, 1.165) is 6.42 Å². The van der Waals surface area contributed by atoms with E-state index in [4.69, 9.17) is 4.74 Å². The summed E-state index contributed by atoms with van der Waals surface area (Å²) in [5.41, 5.74) is -2.98. The number of aromatic nitrogens is 1. The molecule has 10 heteroatoms. The van der Waals surface area contributed by atoms with Gasteiger partial charge in [0.25, 0.3) is 18.8 Å². The summed E-state index contributed by atoms with van der Waals surface area (Å²) in [6, 6.07) is 14.8. The summed E-state index contributed by atoms with van der Waals surface area (Å²) in [5, 5.41) is 14.2. The molecule has 2 aromatic carbocycles. The van der Waals surface area contributed by atoms with Gasteiger partial charge in [-0.15, -0.1) is 0 Å². The van der Waals surface area contributed by atoms with Crippen LogP contribution in [0.1, 0.15) is 30.1 Å².